The number of nitrogens with one attached hydrogen (secondary N) is 1. The molecule has 1 saturated heterocycles. The van der Waals surface area contributed by atoms with E-state index >= 15 is 0 Å². The zero-order valence-electron chi connectivity index (χ0n) is 14.3. The van der Waals surface area contributed by atoms with Crippen LogP contribution >= 0.6 is 11.6 Å². The molecule has 138 valence electrons. The number of hydrogen-bond acceptors (Lipinski definition) is 5. The highest BCUT2D eigenvalue weighted by atomic mass is 35.5. The first-order valence-electron chi connectivity index (χ1n) is 8.12. The highest BCUT2D eigenvalue weighted by molar-refractivity contribution is 6.30. The first kappa shape index (κ1) is 17.2. The summed E-state index contributed by atoms with van der Waals surface area (Å²) in [6, 6.07) is 9.92. The van der Waals surface area contributed by atoms with Crippen molar-refractivity contribution in [2.24, 2.45) is 0 Å². The lowest BCUT2D eigenvalue weighted by molar-refractivity contribution is -0.123. The van der Waals surface area contributed by atoms with Crippen molar-refractivity contribution in [3.8, 4) is 17.2 Å². The van der Waals surface area contributed by atoms with Gasteiger partial charge in [0.05, 0.1) is 13.7 Å². The van der Waals surface area contributed by atoms with Crippen molar-refractivity contribution < 1.29 is 23.8 Å². The fourth-order valence-corrected chi connectivity index (χ4v) is 3.01. The predicted molar refractivity (Wildman–Crippen MR) is 97.6 cm³/mol. The largest absolute Gasteiger partial charge is 0.493 e. The Morgan fingerprint density at radius 1 is 1.22 bits per heavy atom. The molecule has 0 aromatic heterocycles. The van der Waals surface area contributed by atoms with Crippen molar-refractivity contribution in [1.82, 2.24) is 10.2 Å². The minimum atomic E-state index is -0.478. The van der Waals surface area contributed by atoms with E-state index in [2.05, 4.69) is 5.32 Å². The average molecular weight is 387 g/mol. The summed E-state index contributed by atoms with van der Waals surface area (Å²) >= 11 is 5.87. The zero-order valence-corrected chi connectivity index (χ0v) is 15.1. The number of carbonyl (C=O) groups is 2. The second-order valence-electron chi connectivity index (χ2n) is 5.96. The zero-order chi connectivity index (χ0) is 19.0. The van der Waals surface area contributed by atoms with Gasteiger partial charge in [0.25, 0.3) is 5.91 Å². The quantitative estimate of drug-likeness (QED) is 0.645. The number of carbonyl (C=O) groups excluding carboxylic acids is 2. The molecule has 1 fully saturated rings. The van der Waals surface area contributed by atoms with Crippen molar-refractivity contribution in [2.45, 2.75) is 6.54 Å². The molecule has 2 aliphatic rings. The van der Waals surface area contributed by atoms with Crippen molar-refractivity contribution in [3.05, 3.63) is 58.2 Å². The number of nitrogens with zero attached hydrogens (tertiary/aromatic N) is 1. The summed E-state index contributed by atoms with van der Waals surface area (Å²) in [4.78, 5) is 26.0. The summed E-state index contributed by atoms with van der Waals surface area (Å²) in [6.07, 6.45) is 1.58. The van der Waals surface area contributed by atoms with Crippen LogP contribution in [-0.2, 0) is 11.3 Å². The first-order valence-corrected chi connectivity index (χ1v) is 8.49. The maximum atomic E-state index is 12.6. The smallest absolute Gasteiger partial charge is 0.329 e. The second kappa shape index (κ2) is 6.85. The topological polar surface area (TPSA) is 77.1 Å². The first-order chi connectivity index (χ1) is 13.0. The minimum absolute atomic E-state index is 0.107. The van der Waals surface area contributed by atoms with Crippen molar-refractivity contribution in [2.75, 3.05) is 13.9 Å². The number of benzene rings is 2. The van der Waals surface area contributed by atoms with E-state index in [4.69, 9.17) is 25.8 Å². The Hall–Kier alpha value is -3.19. The van der Waals surface area contributed by atoms with Gasteiger partial charge in [0.1, 0.15) is 5.70 Å². The van der Waals surface area contributed by atoms with Gasteiger partial charge in [0.15, 0.2) is 11.5 Å². The monoisotopic (exact) mass is 386 g/mol. The van der Waals surface area contributed by atoms with Crippen LogP contribution in [0, 0.1) is 0 Å². The van der Waals surface area contributed by atoms with Gasteiger partial charge in [-0.15, -0.1) is 0 Å². The van der Waals surface area contributed by atoms with Gasteiger partial charge in [0, 0.05) is 5.02 Å². The summed E-state index contributed by atoms with van der Waals surface area (Å²) in [6.45, 7) is 0.264. The normalized spacial score (nSPS) is 16.8. The van der Waals surface area contributed by atoms with Crippen LogP contribution in [-0.4, -0.2) is 30.7 Å². The molecule has 0 atom stereocenters. The van der Waals surface area contributed by atoms with Gasteiger partial charge in [-0.1, -0.05) is 23.7 Å². The summed E-state index contributed by atoms with van der Waals surface area (Å²) < 4.78 is 16.0. The molecule has 0 unspecified atom stereocenters. The van der Waals surface area contributed by atoms with E-state index in [9.17, 15) is 9.59 Å². The molecule has 2 heterocycles. The van der Waals surface area contributed by atoms with Gasteiger partial charge in [-0.05, 0) is 41.5 Å². The molecule has 8 heteroatoms. The van der Waals surface area contributed by atoms with Gasteiger partial charge in [-0.2, -0.15) is 0 Å². The average Bonchev–Trinajstić information content (AvgIpc) is 3.23. The summed E-state index contributed by atoms with van der Waals surface area (Å²) in [5, 5.41) is 3.19. The second-order valence-corrected chi connectivity index (χ2v) is 6.40. The fourth-order valence-electron chi connectivity index (χ4n) is 2.89. The molecule has 27 heavy (non-hydrogen) atoms. The molecule has 7 nitrogen and oxygen atoms in total. The molecule has 2 aromatic rings. The Balaban J connectivity index is 1.59. The Kier molecular flexibility index (Phi) is 4.37. The van der Waals surface area contributed by atoms with Crippen LogP contribution in [0.25, 0.3) is 6.08 Å². The predicted octanol–water partition coefficient (Wildman–Crippen LogP) is 3.17. The van der Waals surface area contributed by atoms with Crippen LogP contribution in [0.1, 0.15) is 11.1 Å². The van der Waals surface area contributed by atoms with Gasteiger partial charge in [0.2, 0.25) is 12.5 Å². The lowest BCUT2D eigenvalue weighted by atomic mass is 10.1. The lowest BCUT2D eigenvalue weighted by Crippen LogP contribution is -2.30. The van der Waals surface area contributed by atoms with E-state index < -0.39 is 11.9 Å². The van der Waals surface area contributed by atoms with E-state index in [1.165, 1.54) is 7.11 Å². The van der Waals surface area contributed by atoms with E-state index in [-0.39, 0.29) is 19.0 Å². The number of methoxy groups -OCH3 is 1. The van der Waals surface area contributed by atoms with Crippen molar-refractivity contribution in [3.63, 3.8) is 0 Å². The van der Waals surface area contributed by atoms with Gasteiger partial charge in [-0.25, -0.2) is 4.79 Å². The van der Waals surface area contributed by atoms with Gasteiger partial charge >= 0.3 is 6.03 Å². The molecule has 0 saturated carbocycles. The molecular formula is C19H15ClN2O5. The number of rotatable bonds is 4. The Bertz CT molecular complexity index is 955. The van der Waals surface area contributed by atoms with Crippen LogP contribution in [0.4, 0.5) is 4.79 Å². The van der Waals surface area contributed by atoms with E-state index in [0.29, 0.717) is 27.8 Å². The molecule has 0 bridgehead atoms. The summed E-state index contributed by atoms with van der Waals surface area (Å²) in [5.74, 6) is 1.13. The molecule has 2 aliphatic heterocycles. The molecule has 4 rings (SSSR count). The molecule has 3 amide bonds. The van der Waals surface area contributed by atoms with Crippen molar-refractivity contribution in [1.29, 1.82) is 0 Å². The third-order valence-corrected chi connectivity index (χ3v) is 4.46. The number of halogens is 1. The molecule has 0 radical (unpaired) electrons. The number of imide groups is 1. The van der Waals surface area contributed by atoms with Gasteiger partial charge < -0.3 is 19.5 Å². The standard InChI is InChI=1S/C19H15ClN2O5/c1-25-15-7-12(8-16-17(15)27-10-26-16)6-14-18(23)22(19(24)21-14)9-11-2-4-13(20)5-3-11/h2-8H,9-10H2,1H3,(H,21,24)/b14-6-. The van der Waals surface area contributed by atoms with E-state index in [1.807, 2.05) is 0 Å². The number of urea groups is 1. The number of ether oxygens (including phenoxy) is 3. The Morgan fingerprint density at radius 3 is 2.74 bits per heavy atom. The third kappa shape index (κ3) is 3.29. The third-order valence-electron chi connectivity index (χ3n) is 4.21. The summed E-state index contributed by atoms with van der Waals surface area (Å²) in [5.41, 5.74) is 1.62. The van der Waals surface area contributed by atoms with Crippen LogP contribution < -0.4 is 19.5 Å². The highest BCUT2D eigenvalue weighted by Gasteiger charge is 2.33. The number of amides is 3. The Morgan fingerprint density at radius 2 is 2.00 bits per heavy atom. The van der Waals surface area contributed by atoms with Crippen LogP contribution in [0.5, 0.6) is 17.2 Å². The maximum Gasteiger partial charge on any atom is 0.329 e. The van der Waals surface area contributed by atoms with E-state index in [0.717, 1.165) is 10.5 Å². The molecule has 1 N–H and O–H groups in total. The maximum absolute atomic E-state index is 12.6. The number of hydrogen-bond donors (Lipinski definition) is 1. The molecular weight excluding hydrogens is 372 g/mol. The SMILES string of the molecule is COc1cc(/C=C2\NC(=O)N(Cc3ccc(Cl)cc3)C2=O)cc2c1OCO2. The minimum Gasteiger partial charge on any atom is -0.493 e. The van der Waals surface area contributed by atoms with E-state index in [1.54, 1.807) is 42.5 Å². The number of fused-ring (bicyclic) bond motifs is 1. The molecule has 0 aliphatic carbocycles. The Labute approximate surface area is 160 Å². The summed E-state index contributed by atoms with van der Waals surface area (Å²) in [7, 11) is 1.52. The van der Waals surface area contributed by atoms with Crippen LogP contribution in [0.3, 0.4) is 0 Å². The van der Waals surface area contributed by atoms with Gasteiger partial charge in [-0.3, -0.25) is 9.69 Å². The van der Waals surface area contributed by atoms with Crippen LogP contribution in [0.15, 0.2) is 42.1 Å². The van der Waals surface area contributed by atoms with Crippen LogP contribution in [0.2, 0.25) is 5.02 Å². The highest BCUT2D eigenvalue weighted by Crippen LogP contribution is 2.42. The molecule has 2 aromatic carbocycles. The van der Waals surface area contributed by atoms with Crippen molar-refractivity contribution >= 4 is 29.6 Å². The molecule has 0 spiro atoms. The fraction of sp³-hybridized carbons (Fsp3) is 0.158. The lowest BCUT2D eigenvalue weighted by Gasteiger charge is -2.11.